The van der Waals surface area contributed by atoms with Crippen LogP contribution in [0.4, 0.5) is 19.0 Å². The minimum absolute atomic E-state index is 0.185. The topological polar surface area (TPSA) is 45.4 Å². The van der Waals surface area contributed by atoms with Crippen molar-refractivity contribution in [3.8, 4) is 0 Å². The van der Waals surface area contributed by atoms with E-state index in [9.17, 15) is 13.2 Å². The summed E-state index contributed by atoms with van der Waals surface area (Å²) >= 11 is 0. The summed E-state index contributed by atoms with van der Waals surface area (Å²) in [5.41, 5.74) is 5.43. The van der Waals surface area contributed by atoms with E-state index in [2.05, 4.69) is 23.7 Å². The first-order valence-corrected chi connectivity index (χ1v) is 7.09. The second-order valence-electron chi connectivity index (χ2n) is 5.50. The summed E-state index contributed by atoms with van der Waals surface area (Å²) in [6, 6.07) is 2.87. The molecule has 2 rings (SSSR count). The lowest BCUT2D eigenvalue weighted by Gasteiger charge is -2.38. The summed E-state index contributed by atoms with van der Waals surface area (Å²) < 4.78 is 38.5. The number of pyridine rings is 1. The Hall–Kier alpha value is -1.34. The number of rotatable bonds is 3. The second-order valence-corrected chi connectivity index (χ2v) is 5.50. The third kappa shape index (κ3) is 3.65. The first kappa shape index (κ1) is 16.0. The SMILES string of the molecule is CC(C)N1CCN(c2nc(C(F)(F)F)ccc2CN)CC1. The van der Waals surface area contributed by atoms with E-state index >= 15 is 0 Å². The van der Waals surface area contributed by atoms with Crippen LogP contribution in [-0.4, -0.2) is 42.1 Å². The predicted molar refractivity (Wildman–Crippen MR) is 76.1 cm³/mol. The zero-order valence-corrected chi connectivity index (χ0v) is 12.3. The number of hydrogen-bond donors (Lipinski definition) is 1. The van der Waals surface area contributed by atoms with E-state index in [0.29, 0.717) is 30.5 Å². The molecule has 0 aliphatic carbocycles. The van der Waals surface area contributed by atoms with Crippen molar-refractivity contribution in [3.05, 3.63) is 23.4 Å². The summed E-state index contributed by atoms with van der Waals surface area (Å²) in [6.45, 7) is 7.38. The van der Waals surface area contributed by atoms with Crippen molar-refractivity contribution in [1.82, 2.24) is 9.88 Å². The molecule has 0 radical (unpaired) electrons. The van der Waals surface area contributed by atoms with Gasteiger partial charge in [0.05, 0.1) is 0 Å². The molecule has 1 aliphatic rings. The Balaban J connectivity index is 2.22. The van der Waals surface area contributed by atoms with Crippen LogP contribution in [0.2, 0.25) is 0 Å². The first-order chi connectivity index (χ1) is 9.82. The largest absolute Gasteiger partial charge is 0.433 e. The van der Waals surface area contributed by atoms with Gasteiger partial charge in [-0.1, -0.05) is 6.07 Å². The van der Waals surface area contributed by atoms with Gasteiger partial charge in [0.25, 0.3) is 0 Å². The predicted octanol–water partition coefficient (Wildman–Crippen LogP) is 2.09. The zero-order chi connectivity index (χ0) is 15.6. The van der Waals surface area contributed by atoms with Crippen LogP contribution in [0.1, 0.15) is 25.1 Å². The third-order valence-electron chi connectivity index (χ3n) is 3.81. The molecule has 0 saturated carbocycles. The molecule has 1 fully saturated rings. The summed E-state index contributed by atoms with van der Waals surface area (Å²) in [5.74, 6) is 0.371. The van der Waals surface area contributed by atoms with Crippen LogP contribution in [0.3, 0.4) is 0 Å². The van der Waals surface area contributed by atoms with Crippen LogP contribution >= 0.6 is 0 Å². The van der Waals surface area contributed by atoms with Gasteiger partial charge in [0.1, 0.15) is 11.5 Å². The highest BCUT2D eigenvalue weighted by molar-refractivity contribution is 5.48. The molecule has 0 bridgehead atoms. The fourth-order valence-corrected chi connectivity index (χ4v) is 2.52. The van der Waals surface area contributed by atoms with Gasteiger partial charge in [0.15, 0.2) is 0 Å². The van der Waals surface area contributed by atoms with Crippen molar-refractivity contribution in [2.45, 2.75) is 32.6 Å². The summed E-state index contributed by atoms with van der Waals surface area (Å²) in [4.78, 5) is 8.01. The highest BCUT2D eigenvalue weighted by atomic mass is 19.4. The minimum Gasteiger partial charge on any atom is -0.354 e. The lowest BCUT2D eigenvalue weighted by atomic mass is 10.2. The van der Waals surface area contributed by atoms with Crippen molar-refractivity contribution in [3.63, 3.8) is 0 Å². The maximum Gasteiger partial charge on any atom is 0.433 e. The van der Waals surface area contributed by atoms with Gasteiger partial charge in [-0.05, 0) is 19.9 Å². The Bertz CT molecular complexity index is 480. The van der Waals surface area contributed by atoms with E-state index in [1.165, 1.54) is 6.07 Å². The molecule has 4 nitrogen and oxygen atoms in total. The number of piperazine rings is 1. The highest BCUT2D eigenvalue weighted by Crippen LogP contribution is 2.30. The van der Waals surface area contributed by atoms with Crippen LogP contribution in [0, 0.1) is 0 Å². The highest BCUT2D eigenvalue weighted by Gasteiger charge is 2.34. The fourth-order valence-electron chi connectivity index (χ4n) is 2.52. The first-order valence-electron chi connectivity index (χ1n) is 7.09. The molecule has 2 N–H and O–H groups in total. The zero-order valence-electron chi connectivity index (χ0n) is 12.3. The van der Waals surface area contributed by atoms with E-state index in [1.807, 2.05) is 4.90 Å². The lowest BCUT2D eigenvalue weighted by Crippen LogP contribution is -2.49. The van der Waals surface area contributed by atoms with E-state index in [4.69, 9.17) is 5.73 Å². The molecule has 0 aromatic carbocycles. The molecule has 0 amide bonds. The number of nitrogens with two attached hydrogens (primary N) is 1. The van der Waals surface area contributed by atoms with Gasteiger partial charge in [-0.15, -0.1) is 0 Å². The summed E-state index contributed by atoms with van der Waals surface area (Å²) in [6.07, 6.45) is -4.43. The van der Waals surface area contributed by atoms with E-state index in [1.54, 1.807) is 0 Å². The third-order valence-corrected chi connectivity index (χ3v) is 3.81. The van der Waals surface area contributed by atoms with Crippen molar-refractivity contribution in [2.24, 2.45) is 5.73 Å². The Morgan fingerprint density at radius 1 is 1.19 bits per heavy atom. The van der Waals surface area contributed by atoms with Gasteiger partial charge in [0.2, 0.25) is 0 Å². The van der Waals surface area contributed by atoms with E-state index < -0.39 is 11.9 Å². The molecule has 1 saturated heterocycles. The van der Waals surface area contributed by atoms with Gasteiger partial charge in [0, 0.05) is 44.3 Å². The van der Waals surface area contributed by atoms with Crippen molar-refractivity contribution >= 4 is 5.82 Å². The Labute approximate surface area is 122 Å². The fraction of sp³-hybridized carbons (Fsp3) is 0.643. The van der Waals surface area contributed by atoms with Crippen molar-refractivity contribution < 1.29 is 13.2 Å². The molecule has 1 aromatic heterocycles. The maximum atomic E-state index is 12.8. The van der Waals surface area contributed by atoms with Crippen molar-refractivity contribution in [1.29, 1.82) is 0 Å². The maximum absolute atomic E-state index is 12.8. The Morgan fingerprint density at radius 3 is 2.29 bits per heavy atom. The number of nitrogens with zero attached hydrogens (tertiary/aromatic N) is 3. The molecule has 118 valence electrons. The average molecular weight is 302 g/mol. The molecule has 21 heavy (non-hydrogen) atoms. The van der Waals surface area contributed by atoms with Gasteiger partial charge >= 0.3 is 6.18 Å². The van der Waals surface area contributed by atoms with Crippen molar-refractivity contribution in [2.75, 3.05) is 31.1 Å². The molecule has 1 aliphatic heterocycles. The smallest absolute Gasteiger partial charge is 0.354 e. The lowest BCUT2D eigenvalue weighted by molar-refractivity contribution is -0.141. The van der Waals surface area contributed by atoms with E-state index in [-0.39, 0.29) is 6.54 Å². The van der Waals surface area contributed by atoms with Crippen LogP contribution < -0.4 is 10.6 Å². The molecule has 7 heteroatoms. The van der Waals surface area contributed by atoms with Gasteiger partial charge in [-0.2, -0.15) is 13.2 Å². The summed E-state index contributed by atoms with van der Waals surface area (Å²) in [7, 11) is 0. The van der Waals surface area contributed by atoms with Crippen LogP contribution in [-0.2, 0) is 12.7 Å². The monoisotopic (exact) mass is 302 g/mol. The second kappa shape index (κ2) is 6.19. The number of anilines is 1. The van der Waals surface area contributed by atoms with E-state index in [0.717, 1.165) is 19.2 Å². The Morgan fingerprint density at radius 2 is 1.81 bits per heavy atom. The molecule has 0 unspecified atom stereocenters. The van der Waals surface area contributed by atoms with Gasteiger partial charge < -0.3 is 10.6 Å². The minimum atomic E-state index is -4.43. The normalized spacial score (nSPS) is 17.6. The number of alkyl halides is 3. The molecule has 0 spiro atoms. The number of halogens is 3. The standard InChI is InChI=1S/C14H21F3N4/c1-10(2)20-5-7-21(8-6-20)13-11(9-18)3-4-12(19-13)14(15,16)17/h3-4,10H,5-9,18H2,1-2H3. The van der Waals surface area contributed by atoms with Crippen LogP contribution in [0.15, 0.2) is 12.1 Å². The molecule has 1 aromatic rings. The number of aromatic nitrogens is 1. The van der Waals surface area contributed by atoms with Crippen LogP contribution in [0.25, 0.3) is 0 Å². The molecule has 2 heterocycles. The van der Waals surface area contributed by atoms with Gasteiger partial charge in [-0.3, -0.25) is 4.90 Å². The van der Waals surface area contributed by atoms with Crippen LogP contribution in [0.5, 0.6) is 0 Å². The summed E-state index contributed by atoms with van der Waals surface area (Å²) in [5, 5.41) is 0. The molecular formula is C14H21F3N4. The number of hydrogen-bond acceptors (Lipinski definition) is 4. The average Bonchev–Trinajstić information content (AvgIpc) is 2.45. The van der Waals surface area contributed by atoms with Gasteiger partial charge in [-0.25, -0.2) is 4.98 Å². The quantitative estimate of drug-likeness (QED) is 0.928. The molecule has 0 atom stereocenters. The Kier molecular flexibility index (Phi) is 4.73. The molecular weight excluding hydrogens is 281 g/mol.